The molecule has 0 aromatic carbocycles. The number of aliphatic hydroxyl groups excluding tert-OH is 2. The fraction of sp³-hybridized carbons (Fsp3) is 0.867. The summed E-state index contributed by atoms with van der Waals surface area (Å²) in [6.45, 7) is 6.41. The second kappa shape index (κ2) is 54.0. The minimum atomic E-state index is -0.788. The van der Waals surface area contributed by atoms with E-state index in [4.69, 9.17) is 4.74 Å². The van der Waals surface area contributed by atoms with E-state index in [9.17, 15) is 19.8 Å². The SMILES string of the molecule is CC/C=C/C/C=C/C/C=C/CCCCCCCCC(=O)OC(CCCCCCCCCCCCCCCC)CC(=O)NC(CO)C(O)CCCCCCCCCCCCCCCCCCC. The summed E-state index contributed by atoms with van der Waals surface area (Å²) in [6.07, 6.45) is 64.9. The largest absolute Gasteiger partial charge is 0.462 e. The van der Waals surface area contributed by atoms with Gasteiger partial charge in [-0.3, -0.25) is 9.59 Å². The smallest absolute Gasteiger partial charge is 0.306 e. The zero-order valence-electron chi connectivity index (χ0n) is 44.3. The van der Waals surface area contributed by atoms with Crippen LogP contribution in [-0.2, 0) is 14.3 Å². The molecule has 0 saturated carbocycles. The number of allylic oxidation sites excluding steroid dienone is 6. The van der Waals surface area contributed by atoms with E-state index in [1.54, 1.807) is 0 Å². The van der Waals surface area contributed by atoms with Crippen molar-refractivity contribution in [3.63, 3.8) is 0 Å². The molecule has 0 aliphatic rings. The molecule has 0 fully saturated rings. The molecule has 66 heavy (non-hydrogen) atoms. The molecular weight excluding hydrogens is 815 g/mol. The normalized spacial score (nSPS) is 13.3. The summed E-state index contributed by atoms with van der Waals surface area (Å²) in [6, 6.07) is -0.702. The van der Waals surface area contributed by atoms with E-state index in [0.717, 1.165) is 70.6 Å². The van der Waals surface area contributed by atoms with Gasteiger partial charge in [0.25, 0.3) is 0 Å². The molecule has 1 amide bonds. The first-order valence-electron chi connectivity index (χ1n) is 29.2. The Labute approximate surface area is 411 Å². The maximum atomic E-state index is 13.3. The average molecular weight is 929 g/mol. The lowest BCUT2D eigenvalue weighted by atomic mass is 10.0. The lowest BCUT2D eigenvalue weighted by Crippen LogP contribution is -2.46. The highest BCUT2D eigenvalue weighted by Crippen LogP contribution is 2.19. The number of amides is 1. The third-order valence-corrected chi connectivity index (χ3v) is 13.5. The lowest BCUT2D eigenvalue weighted by Gasteiger charge is -2.24. The number of aliphatic hydroxyl groups is 2. The van der Waals surface area contributed by atoms with Crippen molar-refractivity contribution in [1.82, 2.24) is 5.32 Å². The van der Waals surface area contributed by atoms with Gasteiger partial charge >= 0.3 is 5.97 Å². The van der Waals surface area contributed by atoms with Gasteiger partial charge in [-0.1, -0.05) is 276 Å². The van der Waals surface area contributed by atoms with Gasteiger partial charge in [-0.2, -0.15) is 0 Å². The molecule has 0 aromatic rings. The summed E-state index contributed by atoms with van der Waals surface area (Å²) in [7, 11) is 0. The molecule has 6 heteroatoms. The minimum absolute atomic E-state index is 0.0770. The van der Waals surface area contributed by atoms with Gasteiger partial charge in [0, 0.05) is 6.42 Å². The number of rotatable bonds is 53. The standard InChI is InChI=1S/C60H113NO5/c1-4-7-10-13-16-19-22-25-28-30-31-34-37-40-43-46-49-52-58(63)57(55-62)61-59(64)54-56(51-48-45-42-39-36-33-27-24-21-18-15-12-9-6-3)66-60(65)53-50-47-44-41-38-35-32-29-26-23-20-17-14-11-8-5-2/h8,11,17,20,26,29,56-58,62-63H,4-7,9-10,12-16,18-19,21-25,27-28,30-55H2,1-3H3,(H,61,64)/b11-8+,20-17+,29-26+. The zero-order valence-corrected chi connectivity index (χ0v) is 44.3. The molecular formula is C60H113NO5. The Hall–Kier alpha value is -1.92. The molecule has 0 aliphatic heterocycles. The summed E-state index contributed by atoms with van der Waals surface area (Å²) < 4.78 is 5.96. The predicted octanol–water partition coefficient (Wildman–Crippen LogP) is 18.0. The van der Waals surface area contributed by atoms with Crippen LogP contribution in [0.5, 0.6) is 0 Å². The van der Waals surface area contributed by atoms with Crippen LogP contribution < -0.4 is 5.32 Å². The van der Waals surface area contributed by atoms with Crippen molar-refractivity contribution in [2.24, 2.45) is 0 Å². The van der Waals surface area contributed by atoms with Crippen molar-refractivity contribution in [1.29, 1.82) is 0 Å². The molecule has 0 radical (unpaired) electrons. The Morgan fingerprint density at radius 3 is 1.24 bits per heavy atom. The van der Waals surface area contributed by atoms with Gasteiger partial charge in [0.15, 0.2) is 0 Å². The number of carbonyl (C=O) groups excluding carboxylic acids is 2. The molecule has 388 valence electrons. The van der Waals surface area contributed by atoms with E-state index in [2.05, 4.69) is 62.5 Å². The van der Waals surface area contributed by atoms with E-state index < -0.39 is 18.2 Å². The van der Waals surface area contributed by atoms with Gasteiger partial charge in [0.05, 0.1) is 25.2 Å². The number of nitrogens with one attached hydrogen (secondary N) is 1. The highest BCUT2D eigenvalue weighted by Gasteiger charge is 2.24. The molecule has 0 aliphatic carbocycles. The monoisotopic (exact) mass is 928 g/mol. The highest BCUT2D eigenvalue weighted by atomic mass is 16.5. The van der Waals surface area contributed by atoms with Crippen molar-refractivity contribution >= 4 is 11.9 Å². The van der Waals surface area contributed by atoms with Gasteiger partial charge in [0.2, 0.25) is 5.91 Å². The van der Waals surface area contributed by atoms with E-state index in [1.807, 2.05) is 0 Å². The summed E-state index contributed by atoms with van der Waals surface area (Å²) >= 11 is 0. The van der Waals surface area contributed by atoms with Crippen LogP contribution in [0.15, 0.2) is 36.5 Å². The maximum Gasteiger partial charge on any atom is 0.306 e. The number of hydrogen-bond donors (Lipinski definition) is 3. The number of ether oxygens (including phenoxy) is 1. The first-order chi connectivity index (χ1) is 32.5. The van der Waals surface area contributed by atoms with E-state index >= 15 is 0 Å². The van der Waals surface area contributed by atoms with Gasteiger partial charge < -0.3 is 20.3 Å². The van der Waals surface area contributed by atoms with Crippen LogP contribution in [-0.4, -0.2) is 46.9 Å². The van der Waals surface area contributed by atoms with Crippen LogP contribution in [0.2, 0.25) is 0 Å². The molecule has 0 rings (SSSR count). The molecule has 0 bridgehead atoms. The molecule has 0 saturated heterocycles. The zero-order chi connectivity index (χ0) is 48.1. The summed E-state index contributed by atoms with van der Waals surface area (Å²) in [5, 5.41) is 23.9. The van der Waals surface area contributed by atoms with Crippen LogP contribution in [0.25, 0.3) is 0 Å². The fourth-order valence-electron chi connectivity index (χ4n) is 9.09. The van der Waals surface area contributed by atoms with Gasteiger partial charge in [-0.15, -0.1) is 0 Å². The van der Waals surface area contributed by atoms with Crippen LogP contribution in [0.3, 0.4) is 0 Å². The Balaban J connectivity index is 4.51. The van der Waals surface area contributed by atoms with Crippen molar-refractivity contribution < 1.29 is 24.5 Å². The highest BCUT2D eigenvalue weighted by molar-refractivity contribution is 5.77. The van der Waals surface area contributed by atoms with Crippen molar-refractivity contribution in [2.45, 2.75) is 328 Å². The second-order valence-corrected chi connectivity index (χ2v) is 20.0. The number of hydrogen-bond acceptors (Lipinski definition) is 5. The maximum absolute atomic E-state index is 13.3. The van der Waals surface area contributed by atoms with Crippen LogP contribution in [0, 0.1) is 0 Å². The van der Waals surface area contributed by atoms with Gasteiger partial charge in [-0.05, 0) is 57.8 Å². The molecule has 3 unspecified atom stereocenters. The fourth-order valence-corrected chi connectivity index (χ4v) is 9.09. The van der Waals surface area contributed by atoms with Gasteiger partial charge in [-0.25, -0.2) is 0 Å². The molecule has 3 N–H and O–H groups in total. The number of unbranched alkanes of at least 4 members (excludes halogenated alkanes) is 35. The Kier molecular flexibility index (Phi) is 52.5. The van der Waals surface area contributed by atoms with E-state index in [1.165, 1.54) is 193 Å². The number of carbonyl (C=O) groups is 2. The Morgan fingerprint density at radius 1 is 0.455 bits per heavy atom. The van der Waals surface area contributed by atoms with Crippen LogP contribution in [0.1, 0.15) is 310 Å². The van der Waals surface area contributed by atoms with Crippen LogP contribution >= 0.6 is 0 Å². The third-order valence-electron chi connectivity index (χ3n) is 13.5. The minimum Gasteiger partial charge on any atom is -0.462 e. The third kappa shape index (κ3) is 48.5. The summed E-state index contributed by atoms with van der Waals surface area (Å²) in [4.78, 5) is 26.3. The van der Waals surface area contributed by atoms with Crippen LogP contribution in [0.4, 0.5) is 0 Å². The van der Waals surface area contributed by atoms with E-state index in [0.29, 0.717) is 19.3 Å². The summed E-state index contributed by atoms with van der Waals surface area (Å²) in [5.74, 6) is -0.471. The predicted molar refractivity (Wildman–Crippen MR) is 287 cm³/mol. The molecule has 6 nitrogen and oxygen atoms in total. The molecule has 3 atom stereocenters. The Morgan fingerprint density at radius 2 is 0.818 bits per heavy atom. The number of esters is 1. The first-order valence-corrected chi connectivity index (χ1v) is 29.2. The van der Waals surface area contributed by atoms with E-state index in [-0.39, 0.29) is 24.9 Å². The lowest BCUT2D eigenvalue weighted by molar-refractivity contribution is -0.151. The van der Waals surface area contributed by atoms with Crippen molar-refractivity contribution in [3.8, 4) is 0 Å². The van der Waals surface area contributed by atoms with Gasteiger partial charge in [0.1, 0.15) is 6.10 Å². The van der Waals surface area contributed by atoms with Crippen molar-refractivity contribution in [2.75, 3.05) is 6.61 Å². The summed E-state index contributed by atoms with van der Waals surface area (Å²) in [5.41, 5.74) is 0. The second-order valence-electron chi connectivity index (χ2n) is 20.0. The quantitative estimate of drug-likeness (QED) is 0.0321. The average Bonchev–Trinajstić information content (AvgIpc) is 3.31. The Bertz CT molecular complexity index is 1090. The first kappa shape index (κ1) is 64.1. The molecule has 0 heterocycles. The van der Waals surface area contributed by atoms with Crippen molar-refractivity contribution in [3.05, 3.63) is 36.5 Å². The molecule has 0 spiro atoms. The molecule has 0 aromatic heterocycles. The topological polar surface area (TPSA) is 95.9 Å².